The molecule has 2 heteroatoms. The number of hydrogen-bond donors (Lipinski definition) is 0. The van der Waals surface area contributed by atoms with Crippen LogP contribution in [0.15, 0.2) is 12.2 Å². The Balaban J connectivity index is 1.24. The molecule has 4 rings (SSSR count). The minimum absolute atomic E-state index is 0.909. The highest BCUT2D eigenvalue weighted by atomic mass is 15.2. The molecule has 4 aliphatic rings. The largest absolute Gasteiger partial charge is 0.303 e. The summed E-state index contributed by atoms with van der Waals surface area (Å²) in [6.45, 7) is 6.86. The molecule has 0 unspecified atom stereocenters. The molecular weight excluding hydrogens is 244 g/mol. The van der Waals surface area contributed by atoms with E-state index >= 15 is 0 Å². The quantitative estimate of drug-likeness (QED) is 0.730. The predicted octanol–water partition coefficient (Wildman–Crippen LogP) is 3.15. The summed E-state index contributed by atoms with van der Waals surface area (Å²) >= 11 is 0. The monoisotopic (exact) mass is 274 g/mol. The lowest BCUT2D eigenvalue weighted by molar-refractivity contribution is 0.0830. The molecule has 0 radical (unpaired) electrons. The first kappa shape index (κ1) is 13.3. The molecule has 1 saturated carbocycles. The maximum Gasteiger partial charge on any atom is 0.0120 e. The first-order valence-electron chi connectivity index (χ1n) is 9.03. The molecule has 2 saturated heterocycles. The summed E-state index contributed by atoms with van der Waals surface area (Å²) < 4.78 is 0. The van der Waals surface area contributed by atoms with Gasteiger partial charge in [-0.15, -0.1) is 0 Å². The third kappa shape index (κ3) is 2.69. The van der Waals surface area contributed by atoms with Crippen LogP contribution < -0.4 is 0 Å². The second-order valence-corrected chi connectivity index (χ2v) is 7.67. The van der Waals surface area contributed by atoms with Crippen LogP contribution in [0, 0.1) is 17.8 Å². The van der Waals surface area contributed by atoms with E-state index in [4.69, 9.17) is 0 Å². The van der Waals surface area contributed by atoms with Crippen molar-refractivity contribution < 1.29 is 0 Å². The fourth-order valence-corrected chi connectivity index (χ4v) is 5.19. The van der Waals surface area contributed by atoms with E-state index in [2.05, 4.69) is 22.0 Å². The summed E-state index contributed by atoms with van der Waals surface area (Å²) in [5.74, 6) is 2.85. The SMILES string of the molecule is C1=C[C@H]2C[C@H]1C[C@H]2CN1CCC(N2CCCCC2)CC1. The third-order valence-corrected chi connectivity index (χ3v) is 6.37. The number of allylic oxidation sites excluding steroid dienone is 2. The Morgan fingerprint density at radius 1 is 0.850 bits per heavy atom. The van der Waals surface area contributed by atoms with Crippen LogP contribution in [0.1, 0.15) is 44.9 Å². The van der Waals surface area contributed by atoms with Crippen molar-refractivity contribution in [1.29, 1.82) is 0 Å². The van der Waals surface area contributed by atoms with Gasteiger partial charge in [-0.25, -0.2) is 0 Å². The molecular formula is C18H30N2. The second kappa shape index (κ2) is 5.81. The summed E-state index contributed by atoms with van der Waals surface area (Å²) in [6, 6.07) is 0.909. The molecule has 2 nitrogen and oxygen atoms in total. The maximum atomic E-state index is 2.79. The smallest absolute Gasteiger partial charge is 0.0120 e. The van der Waals surface area contributed by atoms with Crippen LogP contribution in [0.3, 0.4) is 0 Å². The molecule has 2 aliphatic carbocycles. The van der Waals surface area contributed by atoms with Crippen LogP contribution >= 0.6 is 0 Å². The lowest BCUT2D eigenvalue weighted by Gasteiger charge is -2.41. The zero-order valence-electron chi connectivity index (χ0n) is 12.8. The fourth-order valence-electron chi connectivity index (χ4n) is 5.19. The van der Waals surface area contributed by atoms with Crippen LogP contribution in [-0.2, 0) is 0 Å². The summed E-state index contributed by atoms with van der Waals surface area (Å²) in [5.41, 5.74) is 0. The Morgan fingerprint density at radius 3 is 2.30 bits per heavy atom. The normalized spacial score (nSPS) is 39.7. The molecule has 0 aromatic rings. The first-order chi connectivity index (χ1) is 9.88. The van der Waals surface area contributed by atoms with Crippen molar-refractivity contribution >= 4 is 0 Å². The first-order valence-corrected chi connectivity index (χ1v) is 9.03. The molecule has 3 atom stereocenters. The van der Waals surface area contributed by atoms with Gasteiger partial charge in [0.1, 0.15) is 0 Å². The van der Waals surface area contributed by atoms with Gasteiger partial charge in [-0.2, -0.15) is 0 Å². The fraction of sp³-hybridized carbons (Fsp3) is 0.889. The van der Waals surface area contributed by atoms with E-state index in [1.54, 1.807) is 0 Å². The van der Waals surface area contributed by atoms with Crippen molar-refractivity contribution in [2.24, 2.45) is 17.8 Å². The van der Waals surface area contributed by atoms with Gasteiger partial charge in [0.15, 0.2) is 0 Å². The highest BCUT2D eigenvalue weighted by molar-refractivity contribution is 5.10. The number of rotatable bonds is 3. The van der Waals surface area contributed by atoms with Crippen molar-refractivity contribution in [3.05, 3.63) is 12.2 Å². The topological polar surface area (TPSA) is 6.48 Å². The van der Waals surface area contributed by atoms with E-state index in [-0.39, 0.29) is 0 Å². The Kier molecular flexibility index (Phi) is 3.87. The van der Waals surface area contributed by atoms with Crippen LogP contribution in [0.4, 0.5) is 0 Å². The minimum atomic E-state index is 0.909. The lowest BCUT2D eigenvalue weighted by atomic mass is 9.92. The van der Waals surface area contributed by atoms with Gasteiger partial charge in [-0.1, -0.05) is 18.6 Å². The molecule has 20 heavy (non-hydrogen) atoms. The number of likely N-dealkylation sites (tertiary alicyclic amines) is 2. The van der Waals surface area contributed by atoms with Gasteiger partial charge in [-0.3, -0.25) is 0 Å². The average molecular weight is 274 g/mol. The average Bonchev–Trinajstić information content (AvgIpc) is 3.12. The van der Waals surface area contributed by atoms with E-state index in [1.807, 2.05) is 0 Å². The molecule has 2 bridgehead atoms. The highest BCUT2D eigenvalue weighted by Gasteiger charge is 2.37. The van der Waals surface area contributed by atoms with E-state index in [1.165, 1.54) is 77.7 Å². The predicted molar refractivity (Wildman–Crippen MR) is 83.7 cm³/mol. The molecule has 3 fully saturated rings. The molecule has 0 N–H and O–H groups in total. The zero-order valence-corrected chi connectivity index (χ0v) is 12.8. The van der Waals surface area contributed by atoms with Crippen LogP contribution in [-0.4, -0.2) is 48.6 Å². The Hall–Kier alpha value is -0.340. The molecule has 0 aromatic heterocycles. The summed E-state index contributed by atoms with van der Waals surface area (Å²) in [7, 11) is 0. The van der Waals surface area contributed by atoms with E-state index < -0.39 is 0 Å². The van der Waals surface area contributed by atoms with Crippen molar-refractivity contribution in [2.75, 3.05) is 32.7 Å². The molecule has 0 aromatic carbocycles. The van der Waals surface area contributed by atoms with Gasteiger partial charge in [0.25, 0.3) is 0 Å². The minimum Gasteiger partial charge on any atom is -0.303 e. The highest BCUT2D eigenvalue weighted by Crippen LogP contribution is 2.43. The Morgan fingerprint density at radius 2 is 1.65 bits per heavy atom. The lowest BCUT2D eigenvalue weighted by Crippen LogP contribution is -2.47. The molecule has 0 spiro atoms. The van der Waals surface area contributed by atoms with Gasteiger partial charge in [-0.05, 0) is 82.5 Å². The van der Waals surface area contributed by atoms with E-state index in [0.29, 0.717) is 0 Å². The third-order valence-electron chi connectivity index (χ3n) is 6.37. The van der Waals surface area contributed by atoms with Gasteiger partial charge < -0.3 is 9.80 Å². The molecule has 2 heterocycles. The molecule has 0 amide bonds. The van der Waals surface area contributed by atoms with Gasteiger partial charge >= 0.3 is 0 Å². The number of hydrogen-bond acceptors (Lipinski definition) is 2. The van der Waals surface area contributed by atoms with Crippen LogP contribution in [0.25, 0.3) is 0 Å². The van der Waals surface area contributed by atoms with Crippen LogP contribution in [0.2, 0.25) is 0 Å². The van der Waals surface area contributed by atoms with Crippen molar-refractivity contribution in [3.63, 3.8) is 0 Å². The Bertz CT molecular complexity index is 350. The summed E-state index contributed by atoms with van der Waals surface area (Å²) in [6.07, 6.45) is 15.1. The van der Waals surface area contributed by atoms with E-state index in [0.717, 1.165) is 23.8 Å². The van der Waals surface area contributed by atoms with Crippen molar-refractivity contribution in [3.8, 4) is 0 Å². The van der Waals surface area contributed by atoms with Gasteiger partial charge in [0, 0.05) is 12.6 Å². The van der Waals surface area contributed by atoms with Gasteiger partial charge in [0.2, 0.25) is 0 Å². The number of nitrogens with zero attached hydrogens (tertiary/aromatic N) is 2. The van der Waals surface area contributed by atoms with Crippen molar-refractivity contribution in [2.45, 2.75) is 51.0 Å². The molecule has 2 aliphatic heterocycles. The summed E-state index contributed by atoms with van der Waals surface area (Å²) in [5, 5.41) is 0. The zero-order chi connectivity index (χ0) is 13.4. The van der Waals surface area contributed by atoms with E-state index in [9.17, 15) is 0 Å². The van der Waals surface area contributed by atoms with Gasteiger partial charge in [0.05, 0.1) is 0 Å². The number of fused-ring (bicyclic) bond motifs is 2. The Labute approximate surface area is 124 Å². The second-order valence-electron chi connectivity index (χ2n) is 7.67. The maximum absolute atomic E-state index is 2.79. The molecule has 112 valence electrons. The summed E-state index contributed by atoms with van der Waals surface area (Å²) in [4.78, 5) is 5.57. The van der Waals surface area contributed by atoms with Crippen molar-refractivity contribution in [1.82, 2.24) is 9.80 Å². The standard InChI is InChI=1S/C18H30N2/c1-2-8-20(9-3-1)18-6-10-19(11-7-18)14-17-13-15-4-5-16(17)12-15/h4-5,15-18H,1-3,6-14H2/t15-,16-,17-/m0/s1. The number of piperidine rings is 2. The van der Waals surface area contributed by atoms with Crippen LogP contribution in [0.5, 0.6) is 0 Å².